The van der Waals surface area contributed by atoms with Crippen LogP contribution in [0.2, 0.25) is 0 Å². The van der Waals surface area contributed by atoms with Crippen molar-refractivity contribution < 1.29 is 14.7 Å². The summed E-state index contributed by atoms with van der Waals surface area (Å²) in [4.78, 5) is 24.6. The summed E-state index contributed by atoms with van der Waals surface area (Å²) in [5.74, 6) is -0.558. The van der Waals surface area contributed by atoms with E-state index in [1.165, 1.54) is 19.3 Å². The van der Waals surface area contributed by atoms with E-state index in [1.54, 1.807) is 0 Å². The predicted octanol–water partition coefficient (Wildman–Crippen LogP) is 1.89. The van der Waals surface area contributed by atoms with Crippen molar-refractivity contribution in [1.29, 1.82) is 0 Å². The average Bonchev–Trinajstić information content (AvgIpc) is 2.72. The molecule has 2 fully saturated rings. The largest absolute Gasteiger partial charge is 0.481 e. The van der Waals surface area contributed by atoms with Gasteiger partial charge in [-0.05, 0) is 18.8 Å². The number of carboxylic acid groups (broad SMARTS) is 1. The molecule has 1 aliphatic carbocycles. The zero-order valence-corrected chi connectivity index (χ0v) is 10.4. The minimum Gasteiger partial charge on any atom is -0.481 e. The number of carbonyl (C=O) groups excluding carboxylic acids is 1. The summed E-state index contributed by atoms with van der Waals surface area (Å²) in [5.41, 5.74) is 0. The fourth-order valence-electron chi connectivity index (χ4n) is 3.17. The fourth-order valence-corrected chi connectivity index (χ4v) is 3.17. The summed E-state index contributed by atoms with van der Waals surface area (Å²) < 4.78 is 0. The maximum absolute atomic E-state index is 11.8. The van der Waals surface area contributed by atoms with E-state index >= 15 is 0 Å². The fraction of sp³-hybridized carbons (Fsp3) is 0.846. The third kappa shape index (κ3) is 2.61. The maximum atomic E-state index is 11.8. The summed E-state index contributed by atoms with van der Waals surface area (Å²) in [7, 11) is 0. The van der Waals surface area contributed by atoms with Crippen molar-refractivity contribution in [3.63, 3.8) is 0 Å². The Balaban J connectivity index is 1.98. The van der Waals surface area contributed by atoms with Gasteiger partial charge in [0.05, 0.1) is 5.92 Å². The molecule has 0 radical (unpaired) electrons. The number of rotatable bonds is 3. The lowest BCUT2D eigenvalue weighted by Gasteiger charge is -2.35. The number of carbonyl (C=O) groups is 2. The van der Waals surface area contributed by atoms with Crippen molar-refractivity contribution in [1.82, 2.24) is 4.90 Å². The van der Waals surface area contributed by atoms with Crippen LogP contribution >= 0.6 is 0 Å². The molecule has 4 heteroatoms. The molecule has 1 saturated heterocycles. The van der Waals surface area contributed by atoms with Gasteiger partial charge in [-0.15, -0.1) is 0 Å². The highest BCUT2D eigenvalue weighted by Gasteiger charge is 2.39. The Hall–Kier alpha value is -1.06. The second-order valence-corrected chi connectivity index (χ2v) is 5.38. The van der Waals surface area contributed by atoms with Crippen LogP contribution in [0, 0.1) is 11.8 Å². The molecule has 1 heterocycles. The molecule has 2 rings (SSSR count). The molecule has 17 heavy (non-hydrogen) atoms. The van der Waals surface area contributed by atoms with Gasteiger partial charge in [-0.3, -0.25) is 9.59 Å². The highest BCUT2D eigenvalue weighted by molar-refractivity contribution is 5.86. The Kier molecular flexibility index (Phi) is 3.69. The van der Waals surface area contributed by atoms with E-state index in [0.717, 1.165) is 12.8 Å². The van der Waals surface area contributed by atoms with Crippen LogP contribution in [-0.2, 0) is 9.59 Å². The first-order chi connectivity index (χ1) is 8.11. The zero-order valence-electron chi connectivity index (χ0n) is 10.4. The van der Waals surface area contributed by atoms with E-state index < -0.39 is 11.9 Å². The van der Waals surface area contributed by atoms with Crippen LogP contribution in [-0.4, -0.2) is 34.5 Å². The van der Waals surface area contributed by atoms with Crippen LogP contribution in [0.25, 0.3) is 0 Å². The molecule has 1 N–H and O–H groups in total. The van der Waals surface area contributed by atoms with Crippen LogP contribution in [0.1, 0.15) is 45.4 Å². The molecular formula is C13H21NO3. The lowest BCUT2D eigenvalue weighted by atomic mass is 9.83. The van der Waals surface area contributed by atoms with Crippen LogP contribution in [0.3, 0.4) is 0 Å². The Morgan fingerprint density at radius 3 is 2.82 bits per heavy atom. The molecule has 2 aliphatic rings. The standard InChI is InChI=1S/C13H21NO3/c1-2-9-4-3-5-11(6-9)14-8-10(13(16)17)7-12(14)15/h9-11H,2-8H2,1H3,(H,16,17). The van der Waals surface area contributed by atoms with Gasteiger partial charge in [-0.25, -0.2) is 0 Å². The molecular weight excluding hydrogens is 218 g/mol. The summed E-state index contributed by atoms with van der Waals surface area (Å²) in [5, 5.41) is 8.97. The number of nitrogens with zero attached hydrogens (tertiary/aromatic N) is 1. The van der Waals surface area contributed by atoms with E-state index in [2.05, 4.69) is 6.92 Å². The first-order valence-corrected chi connectivity index (χ1v) is 6.64. The van der Waals surface area contributed by atoms with Gasteiger partial charge in [-0.2, -0.15) is 0 Å². The number of hydrogen-bond donors (Lipinski definition) is 1. The quantitative estimate of drug-likeness (QED) is 0.818. The van der Waals surface area contributed by atoms with Crippen LogP contribution in [0.15, 0.2) is 0 Å². The predicted molar refractivity (Wildman–Crippen MR) is 63.5 cm³/mol. The van der Waals surface area contributed by atoms with Crippen LogP contribution in [0.5, 0.6) is 0 Å². The van der Waals surface area contributed by atoms with E-state index in [9.17, 15) is 9.59 Å². The first kappa shape index (κ1) is 12.4. The second-order valence-electron chi connectivity index (χ2n) is 5.38. The van der Waals surface area contributed by atoms with Gasteiger partial charge >= 0.3 is 5.97 Å². The normalized spacial score (nSPS) is 34.1. The molecule has 0 spiro atoms. The lowest BCUT2D eigenvalue weighted by Crippen LogP contribution is -2.40. The topological polar surface area (TPSA) is 57.6 Å². The van der Waals surface area contributed by atoms with E-state index in [-0.39, 0.29) is 12.3 Å². The monoisotopic (exact) mass is 239 g/mol. The molecule has 0 bridgehead atoms. The number of hydrogen-bond acceptors (Lipinski definition) is 2. The van der Waals surface area contributed by atoms with Crippen molar-refractivity contribution in [2.75, 3.05) is 6.54 Å². The van der Waals surface area contributed by atoms with Gasteiger partial charge < -0.3 is 10.0 Å². The molecule has 1 amide bonds. The minimum atomic E-state index is -0.830. The molecule has 1 saturated carbocycles. The number of amides is 1. The van der Waals surface area contributed by atoms with Gasteiger partial charge in [0.1, 0.15) is 0 Å². The van der Waals surface area contributed by atoms with Crippen molar-refractivity contribution in [3.05, 3.63) is 0 Å². The van der Waals surface area contributed by atoms with E-state index in [0.29, 0.717) is 18.5 Å². The third-order valence-electron chi connectivity index (χ3n) is 4.28. The van der Waals surface area contributed by atoms with E-state index in [4.69, 9.17) is 5.11 Å². The van der Waals surface area contributed by atoms with Crippen LogP contribution in [0.4, 0.5) is 0 Å². The van der Waals surface area contributed by atoms with Crippen molar-refractivity contribution in [2.45, 2.75) is 51.5 Å². The summed E-state index contributed by atoms with van der Waals surface area (Å²) in [6, 6.07) is 0.297. The zero-order chi connectivity index (χ0) is 12.4. The number of aliphatic carboxylic acids is 1. The molecule has 4 nitrogen and oxygen atoms in total. The van der Waals surface area contributed by atoms with Gasteiger partial charge in [0, 0.05) is 19.0 Å². The van der Waals surface area contributed by atoms with Gasteiger partial charge in [0.25, 0.3) is 0 Å². The van der Waals surface area contributed by atoms with Gasteiger partial charge in [0.15, 0.2) is 0 Å². The van der Waals surface area contributed by atoms with Gasteiger partial charge in [0.2, 0.25) is 5.91 Å². The Bertz CT molecular complexity index is 316. The summed E-state index contributed by atoms with van der Waals surface area (Å²) in [6.07, 6.45) is 5.91. The number of likely N-dealkylation sites (tertiary alicyclic amines) is 1. The average molecular weight is 239 g/mol. The van der Waals surface area contributed by atoms with Crippen molar-refractivity contribution in [2.24, 2.45) is 11.8 Å². The Morgan fingerprint density at radius 1 is 1.47 bits per heavy atom. The minimum absolute atomic E-state index is 0.0409. The highest BCUT2D eigenvalue weighted by Crippen LogP contribution is 2.32. The SMILES string of the molecule is CCC1CCCC(N2CC(C(=O)O)CC2=O)C1. The second kappa shape index (κ2) is 5.07. The van der Waals surface area contributed by atoms with Crippen molar-refractivity contribution in [3.8, 4) is 0 Å². The summed E-state index contributed by atoms with van der Waals surface area (Å²) in [6.45, 7) is 2.62. The molecule has 1 aliphatic heterocycles. The molecule has 3 atom stereocenters. The highest BCUT2D eigenvalue weighted by atomic mass is 16.4. The molecule has 3 unspecified atom stereocenters. The lowest BCUT2D eigenvalue weighted by molar-refractivity contribution is -0.141. The number of carboxylic acids is 1. The molecule has 0 aromatic rings. The van der Waals surface area contributed by atoms with Gasteiger partial charge in [-0.1, -0.05) is 26.2 Å². The molecule has 96 valence electrons. The summed E-state index contributed by atoms with van der Waals surface area (Å²) >= 11 is 0. The Labute approximate surface area is 102 Å². The third-order valence-corrected chi connectivity index (χ3v) is 4.28. The van der Waals surface area contributed by atoms with E-state index in [1.807, 2.05) is 4.90 Å². The Morgan fingerprint density at radius 2 is 2.24 bits per heavy atom. The smallest absolute Gasteiger partial charge is 0.308 e. The van der Waals surface area contributed by atoms with Crippen LogP contribution < -0.4 is 0 Å². The molecule has 0 aromatic heterocycles. The maximum Gasteiger partial charge on any atom is 0.308 e. The molecule has 0 aromatic carbocycles. The first-order valence-electron chi connectivity index (χ1n) is 6.64. The van der Waals surface area contributed by atoms with Crippen molar-refractivity contribution >= 4 is 11.9 Å².